The molecule has 0 unspecified atom stereocenters. The third kappa shape index (κ3) is 3.51. The first-order valence-corrected chi connectivity index (χ1v) is 7.51. The Bertz CT molecular complexity index is 839. The fourth-order valence-corrected chi connectivity index (χ4v) is 2.64. The summed E-state index contributed by atoms with van der Waals surface area (Å²) in [5, 5.41) is 5.09. The largest absolute Gasteiger partial charge is 0.497 e. The highest BCUT2D eigenvalue weighted by molar-refractivity contribution is 5.87. The van der Waals surface area contributed by atoms with E-state index >= 15 is 0 Å². The van der Waals surface area contributed by atoms with Gasteiger partial charge in [-0.15, -0.1) is 0 Å². The summed E-state index contributed by atoms with van der Waals surface area (Å²) >= 11 is 0. The number of aromatic nitrogens is 2. The van der Waals surface area contributed by atoms with E-state index in [1.165, 1.54) is 23.3 Å². The van der Waals surface area contributed by atoms with Crippen LogP contribution in [0, 0.1) is 0 Å². The van der Waals surface area contributed by atoms with E-state index < -0.39 is 0 Å². The monoisotopic (exact) mass is 309 g/mol. The lowest BCUT2D eigenvalue weighted by Crippen LogP contribution is -2.05. The summed E-state index contributed by atoms with van der Waals surface area (Å²) in [5.41, 5.74) is 1.26. The van der Waals surface area contributed by atoms with Gasteiger partial charge in [0.2, 0.25) is 5.91 Å². The van der Waals surface area contributed by atoms with Crippen LogP contribution < -0.4 is 10.1 Å². The molecule has 3 aromatic rings. The number of amides is 1. The standard InChI is InChI=1S/C18H19N3O2/c1-13(22)20-18-11-21(12-19-18)9-8-15-5-3-4-14-6-7-16(23-2)10-17(14)15/h3-7,10-12H,8-9H2,1-2H3,(H,20,22). The zero-order chi connectivity index (χ0) is 16.2. The van der Waals surface area contributed by atoms with Gasteiger partial charge in [-0.25, -0.2) is 4.98 Å². The van der Waals surface area contributed by atoms with E-state index in [2.05, 4.69) is 40.6 Å². The molecule has 1 aromatic heterocycles. The number of carbonyl (C=O) groups excluding carboxylic acids is 1. The summed E-state index contributed by atoms with van der Waals surface area (Å²) in [4.78, 5) is 15.2. The number of nitrogens with one attached hydrogen (secondary N) is 1. The van der Waals surface area contributed by atoms with Gasteiger partial charge in [0.05, 0.1) is 13.4 Å². The minimum Gasteiger partial charge on any atom is -0.497 e. The second kappa shape index (κ2) is 6.52. The fourth-order valence-electron chi connectivity index (χ4n) is 2.64. The van der Waals surface area contributed by atoms with Crippen LogP contribution in [-0.4, -0.2) is 22.6 Å². The highest BCUT2D eigenvalue weighted by Crippen LogP contribution is 2.24. The highest BCUT2D eigenvalue weighted by Gasteiger charge is 2.05. The molecule has 3 rings (SSSR count). The van der Waals surface area contributed by atoms with Crippen molar-refractivity contribution in [3.05, 3.63) is 54.5 Å². The van der Waals surface area contributed by atoms with Crippen LogP contribution in [-0.2, 0) is 17.8 Å². The molecule has 1 heterocycles. The zero-order valence-corrected chi connectivity index (χ0v) is 13.2. The van der Waals surface area contributed by atoms with Crippen molar-refractivity contribution in [2.45, 2.75) is 19.9 Å². The van der Waals surface area contributed by atoms with Gasteiger partial charge in [-0.2, -0.15) is 0 Å². The third-order valence-corrected chi connectivity index (χ3v) is 3.76. The first-order chi connectivity index (χ1) is 11.2. The van der Waals surface area contributed by atoms with Gasteiger partial charge in [-0.1, -0.05) is 24.3 Å². The summed E-state index contributed by atoms with van der Waals surface area (Å²) in [7, 11) is 1.68. The first kappa shape index (κ1) is 15.1. The van der Waals surface area contributed by atoms with Crippen LogP contribution in [0.4, 0.5) is 5.82 Å². The van der Waals surface area contributed by atoms with Gasteiger partial charge in [0.15, 0.2) is 5.82 Å². The van der Waals surface area contributed by atoms with Crippen molar-refractivity contribution in [1.82, 2.24) is 9.55 Å². The third-order valence-electron chi connectivity index (χ3n) is 3.76. The summed E-state index contributed by atoms with van der Waals surface area (Å²) in [6, 6.07) is 12.4. The maximum atomic E-state index is 11.0. The molecule has 1 amide bonds. The predicted octanol–water partition coefficient (Wildman–Crippen LogP) is 3.25. The lowest BCUT2D eigenvalue weighted by molar-refractivity contribution is -0.114. The molecule has 2 aromatic carbocycles. The van der Waals surface area contributed by atoms with Gasteiger partial charge in [0, 0.05) is 19.7 Å². The van der Waals surface area contributed by atoms with E-state index in [0.717, 1.165) is 18.7 Å². The normalized spacial score (nSPS) is 10.7. The zero-order valence-electron chi connectivity index (χ0n) is 13.2. The number of ether oxygens (including phenoxy) is 1. The first-order valence-electron chi connectivity index (χ1n) is 7.51. The van der Waals surface area contributed by atoms with Gasteiger partial charge < -0.3 is 14.6 Å². The number of aryl methyl sites for hydroxylation is 2. The van der Waals surface area contributed by atoms with Crippen molar-refractivity contribution in [2.75, 3.05) is 12.4 Å². The van der Waals surface area contributed by atoms with E-state index in [-0.39, 0.29) is 5.91 Å². The number of fused-ring (bicyclic) bond motifs is 1. The number of anilines is 1. The van der Waals surface area contributed by atoms with Crippen LogP contribution in [0.1, 0.15) is 12.5 Å². The van der Waals surface area contributed by atoms with E-state index in [1.807, 2.05) is 16.8 Å². The number of hydrogen-bond acceptors (Lipinski definition) is 3. The molecule has 0 radical (unpaired) electrons. The number of carbonyl (C=O) groups is 1. The molecule has 0 spiro atoms. The van der Waals surface area contributed by atoms with Crippen LogP contribution in [0.15, 0.2) is 48.9 Å². The molecule has 5 nitrogen and oxygen atoms in total. The Morgan fingerprint density at radius 3 is 2.96 bits per heavy atom. The molecular weight excluding hydrogens is 290 g/mol. The second-order valence-corrected chi connectivity index (χ2v) is 5.43. The Morgan fingerprint density at radius 2 is 2.17 bits per heavy atom. The molecule has 0 saturated heterocycles. The molecule has 0 aliphatic rings. The molecule has 1 N–H and O–H groups in total. The average molecular weight is 309 g/mol. The van der Waals surface area contributed by atoms with E-state index in [9.17, 15) is 4.79 Å². The minimum absolute atomic E-state index is 0.114. The Morgan fingerprint density at radius 1 is 1.30 bits per heavy atom. The number of hydrogen-bond donors (Lipinski definition) is 1. The molecule has 0 bridgehead atoms. The molecular formula is C18H19N3O2. The van der Waals surface area contributed by atoms with Gasteiger partial charge in [-0.05, 0) is 34.9 Å². The van der Waals surface area contributed by atoms with Gasteiger partial charge in [0.25, 0.3) is 0 Å². The maximum Gasteiger partial charge on any atom is 0.222 e. The van der Waals surface area contributed by atoms with Crippen molar-refractivity contribution in [3.63, 3.8) is 0 Å². The smallest absolute Gasteiger partial charge is 0.222 e. The lowest BCUT2D eigenvalue weighted by Gasteiger charge is -2.09. The lowest BCUT2D eigenvalue weighted by atomic mass is 10.0. The Labute approximate surface area is 134 Å². The number of nitrogens with zero attached hydrogens (tertiary/aromatic N) is 2. The topological polar surface area (TPSA) is 56.1 Å². The molecule has 0 atom stereocenters. The highest BCUT2D eigenvalue weighted by atomic mass is 16.5. The second-order valence-electron chi connectivity index (χ2n) is 5.43. The van der Waals surface area contributed by atoms with Crippen LogP contribution in [0.2, 0.25) is 0 Å². The van der Waals surface area contributed by atoms with Gasteiger partial charge in [0.1, 0.15) is 5.75 Å². The minimum atomic E-state index is -0.114. The SMILES string of the molecule is COc1ccc2cccc(CCn3cnc(NC(C)=O)c3)c2c1. The maximum absolute atomic E-state index is 11.0. The Kier molecular flexibility index (Phi) is 4.28. The van der Waals surface area contributed by atoms with Crippen LogP contribution in [0.3, 0.4) is 0 Å². The molecule has 0 saturated carbocycles. The predicted molar refractivity (Wildman–Crippen MR) is 90.7 cm³/mol. The summed E-state index contributed by atoms with van der Waals surface area (Å²) in [6.45, 7) is 2.27. The summed E-state index contributed by atoms with van der Waals surface area (Å²) < 4.78 is 7.30. The quantitative estimate of drug-likeness (QED) is 0.787. The van der Waals surface area contributed by atoms with E-state index in [4.69, 9.17) is 4.74 Å². The van der Waals surface area contributed by atoms with Crippen LogP contribution in [0.25, 0.3) is 10.8 Å². The van der Waals surface area contributed by atoms with E-state index in [0.29, 0.717) is 5.82 Å². The number of rotatable bonds is 5. The fraction of sp³-hybridized carbons (Fsp3) is 0.222. The van der Waals surface area contributed by atoms with Gasteiger partial charge in [-0.3, -0.25) is 4.79 Å². The van der Waals surface area contributed by atoms with Crippen LogP contribution >= 0.6 is 0 Å². The molecule has 118 valence electrons. The van der Waals surface area contributed by atoms with Crippen LogP contribution in [0.5, 0.6) is 5.75 Å². The van der Waals surface area contributed by atoms with Crippen molar-refractivity contribution >= 4 is 22.5 Å². The van der Waals surface area contributed by atoms with Crippen molar-refractivity contribution in [1.29, 1.82) is 0 Å². The van der Waals surface area contributed by atoms with Crippen molar-refractivity contribution in [3.8, 4) is 5.75 Å². The summed E-state index contributed by atoms with van der Waals surface area (Å²) in [5.74, 6) is 1.33. The van der Waals surface area contributed by atoms with E-state index in [1.54, 1.807) is 13.4 Å². The van der Waals surface area contributed by atoms with Crippen molar-refractivity contribution in [2.24, 2.45) is 0 Å². The number of benzene rings is 2. The molecule has 23 heavy (non-hydrogen) atoms. The van der Waals surface area contributed by atoms with Crippen molar-refractivity contribution < 1.29 is 9.53 Å². The molecule has 0 fully saturated rings. The number of imidazole rings is 1. The Hall–Kier alpha value is -2.82. The number of methoxy groups -OCH3 is 1. The van der Waals surface area contributed by atoms with Gasteiger partial charge >= 0.3 is 0 Å². The molecule has 5 heteroatoms. The molecule has 0 aliphatic carbocycles. The average Bonchev–Trinajstić information content (AvgIpc) is 2.99. The summed E-state index contributed by atoms with van der Waals surface area (Å²) in [6.07, 6.45) is 4.45. The molecule has 0 aliphatic heterocycles. The Balaban J connectivity index is 1.78.